The lowest BCUT2D eigenvalue weighted by atomic mass is 9.83. The first-order valence-corrected chi connectivity index (χ1v) is 8.49. The third kappa shape index (κ3) is 4.40. The van der Waals surface area contributed by atoms with Crippen LogP contribution in [0.4, 0.5) is 5.69 Å². The van der Waals surface area contributed by atoms with Gasteiger partial charge in [0.2, 0.25) is 0 Å². The van der Waals surface area contributed by atoms with E-state index in [4.69, 9.17) is 4.84 Å². The van der Waals surface area contributed by atoms with Crippen molar-refractivity contribution in [2.75, 3.05) is 40.2 Å². The average Bonchev–Trinajstić information content (AvgIpc) is 2.60. The summed E-state index contributed by atoms with van der Waals surface area (Å²) in [4.78, 5) is 9.52. The van der Waals surface area contributed by atoms with E-state index in [-0.39, 0.29) is 5.54 Å². The van der Waals surface area contributed by atoms with E-state index in [2.05, 4.69) is 84.5 Å². The molecule has 1 unspecified atom stereocenters. The van der Waals surface area contributed by atoms with Gasteiger partial charge in [0.1, 0.15) is 12.8 Å². The monoisotopic (exact) mass is 339 g/mol. The van der Waals surface area contributed by atoms with Crippen LogP contribution >= 0.6 is 0 Å². The molecule has 0 aliphatic carbocycles. The second-order valence-corrected chi connectivity index (χ2v) is 6.89. The number of oxime groups is 1. The summed E-state index contributed by atoms with van der Waals surface area (Å²) in [5.74, 6) is 0. The number of likely N-dealkylation sites (N-methyl/N-ethyl adjacent to an activating group) is 1. The molecule has 0 aliphatic heterocycles. The molecule has 0 fully saturated rings. The van der Waals surface area contributed by atoms with E-state index in [1.165, 1.54) is 5.56 Å². The first-order chi connectivity index (χ1) is 11.9. The molecule has 0 amide bonds. The minimum atomic E-state index is -0.295. The molecule has 25 heavy (non-hydrogen) atoms. The summed E-state index contributed by atoms with van der Waals surface area (Å²) >= 11 is 0. The van der Waals surface area contributed by atoms with Gasteiger partial charge in [0.25, 0.3) is 0 Å². The van der Waals surface area contributed by atoms with Crippen molar-refractivity contribution in [2.45, 2.75) is 18.9 Å². The van der Waals surface area contributed by atoms with Crippen LogP contribution in [0.15, 0.2) is 59.8 Å². The Kier molecular flexibility index (Phi) is 6.21. The van der Waals surface area contributed by atoms with Crippen molar-refractivity contribution >= 4 is 11.4 Å². The molecule has 0 aliphatic rings. The number of hydrogen-bond acceptors (Lipinski definition) is 4. The van der Waals surface area contributed by atoms with Crippen LogP contribution in [-0.4, -0.2) is 51.5 Å². The van der Waals surface area contributed by atoms with Crippen molar-refractivity contribution in [2.24, 2.45) is 5.16 Å². The van der Waals surface area contributed by atoms with E-state index in [1.807, 2.05) is 20.2 Å². The quantitative estimate of drug-likeness (QED) is 0.569. The van der Waals surface area contributed by atoms with E-state index in [0.717, 1.165) is 23.4 Å². The molecule has 0 aromatic heterocycles. The lowest BCUT2D eigenvalue weighted by molar-refractivity contribution is 0.195. The molecule has 0 spiro atoms. The molecular formula is C21H29N3O. The standard InChI is InChI=1S/C21H29N3O/c1-21(24(4)5,16-17-10-8-7-9-11-17)20(22-25-6)18-12-14-19(15-13-18)23(2)3/h7-15H,16H2,1-6H3. The van der Waals surface area contributed by atoms with Crippen LogP contribution in [0.1, 0.15) is 18.1 Å². The topological polar surface area (TPSA) is 28.1 Å². The molecule has 2 rings (SSSR count). The van der Waals surface area contributed by atoms with Crippen LogP contribution in [-0.2, 0) is 11.3 Å². The Labute approximate surface area is 151 Å². The molecular weight excluding hydrogens is 310 g/mol. The van der Waals surface area contributed by atoms with Gasteiger partial charge in [-0.3, -0.25) is 4.90 Å². The van der Waals surface area contributed by atoms with E-state index in [1.54, 1.807) is 7.11 Å². The van der Waals surface area contributed by atoms with E-state index in [9.17, 15) is 0 Å². The zero-order valence-corrected chi connectivity index (χ0v) is 16.2. The summed E-state index contributed by atoms with van der Waals surface area (Å²) < 4.78 is 0. The van der Waals surface area contributed by atoms with Crippen LogP contribution in [0, 0.1) is 0 Å². The highest BCUT2D eigenvalue weighted by atomic mass is 16.6. The second-order valence-electron chi connectivity index (χ2n) is 6.89. The maximum Gasteiger partial charge on any atom is 0.107 e. The minimum absolute atomic E-state index is 0.295. The first-order valence-electron chi connectivity index (χ1n) is 8.49. The SMILES string of the molecule is CON=C(c1ccc(N(C)C)cc1)C(C)(Cc1ccccc1)N(C)C. The molecule has 2 aromatic rings. The Morgan fingerprint density at radius 1 is 0.960 bits per heavy atom. The Morgan fingerprint density at radius 3 is 2.04 bits per heavy atom. The summed E-state index contributed by atoms with van der Waals surface area (Å²) in [6.07, 6.45) is 0.846. The van der Waals surface area contributed by atoms with Gasteiger partial charge in [-0.05, 0) is 45.1 Å². The molecule has 4 nitrogen and oxygen atoms in total. The van der Waals surface area contributed by atoms with E-state index < -0.39 is 0 Å². The van der Waals surface area contributed by atoms with Crippen molar-refractivity contribution < 1.29 is 4.84 Å². The van der Waals surface area contributed by atoms with Crippen LogP contribution in [0.5, 0.6) is 0 Å². The average molecular weight is 339 g/mol. The molecule has 0 saturated carbocycles. The molecule has 0 bridgehead atoms. The smallest absolute Gasteiger partial charge is 0.107 e. The van der Waals surface area contributed by atoms with Crippen molar-refractivity contribution in [3.63, 3.8) is 0 Å². The van der Waals surface area contributed by atoms with Gasteiger partial charge in [0, 0.05) is 25.3 Å². The third-order valence-electron chi connectivity index (χ3n) is 4.73. The van der Waals surface area contributed by atoms with Crippen molar-refractivity contribution in [3.8, 4) is 0 Å². The Balaban J connectivity index is 2.45. The Bertz CT molecular complexity index is 693. The van der Waals surface area contributed by atoms with Crippen LogP contribution in [0.3, 0.4) is 0 Å². The maximum atomic E-state index is 5.22. The van der Waals surface area contributed by atoms with Crippen LogP contribution < -0.4 is 4.90 Å². The summed E-state index contributed by atoms with van der Waals surface area (Å²) in [5, 5.41) is 4.42. The zero-order valence-electron chi connectivity index (χ0n) is 16.2. The zero-order chi connectivity index (χ0) is 18.4. The molecule has 0 heterocycles. The van der Waals surface area contributed by atoms with Gasteiger partial charge in [-0.2, -0.15) is 0 Å². The third-order valence-corrected chi connectivity index (χ3v) is 4.73. The molecule has 134 valence electrons. The minimum Gasteiger partial charge on any atom is -0.399 e. The first kappa shape index (κ1) is 19.0. The van der Waals surface area contributed by atoms with Gasteiger partial charge in [-0.1, -0.05) is 47.6 Å². The van der Waals surface area contributed by atoms with E-state index in [0.29, 0.717) is 0 Å². The van der Waals surface area contributed by atoms with Crippen LogP contribution in [0.2, 0.25) is 0 Å². The van der Waals surface area contributed by atoms with Gasteiger partial charge >= 0.3 is 0 Å². The fraction of sp³-hybridized carbons (Fsp3) is 0.381. The molecule has 2 aromatic carbocycles. The lowest BCUT2D eigenvalue weighted by Crippen LogP contribution is -2.50. The van der Waals surface area contributed by atoms with E-state index >= 15 is 0 Å². The van der Waals surface area contributed by atoms with Gasteiger partial charge in [0.05, 0.1) is 5.54 Å². The number of hydrogen-bond donors (Lipinski definition) is 0. The number of benzene rings is 2. The maximum absolute atomic E-state index is 5.22. The van der Waals surface area contributed by atoms with Gasteiger partial charge in [-0.25, -0.2) is 0 Å². The van der Waals surface area contributed by atoms with Crippen molar-refractivity contribution in [1.29, 1.82) is 0 Å². The number of anilines is 1. The predicted octanol–water partition coefficient (Wildman–Crippen LogP) is 3.67. The number of rotatable bonds is 7. The predicted molar refractivity (Wildman–Crippen MR) is 107 cm³/mol. The summed E-state index contributed by atoms with van der Waals surface area (Å²) in [5.41, 5.74) is 4.13. The highest BCUT2D eigenvalue weighted by molar-refractivity contribution is 6.07. The largest absolute Gasteiger partial charge is 0.399 e. The normalized spacial score (nSPS) is 14.3. The second kappa shape index (κ2) is 8.17. The molecule has 0 saturated heterocycles. The molecule has 0 N–H and O–H groups in total. The summed E-state index contributed by atoms with van der Waals surface area (Å²) in [6, 6.07) is 18.9. The highest BCUT2D eigenvalue weighted by Gasteiger charge is 2.35. The molecule has 1 atom stereocenters. The van der Waals surface area contributed by atoms with Crippen LogP contribution in [0.25, 0.3) is 0 Å². The van der Waals surface area contributed by atoms with Gasteiger partial charge in [-0.15, -0.1) is 0 Å². The molecule has 4 heteroatoms. The summed E-state index contributed by atoms with van der Waals surface area (Å²) in [7, 11) is 9.86. The molecule has 0 radical (unpaired) electrons. The Morgan fingerprint density at radius 2 is 1.56 bits per heavy atom. The fourth-order valence-corrected chi connectivity index (χ4v) is 2.92. The van der Waals surface area contributed by atoms with Gasteiger partial charge < -0.3 is 9.74 Å². The number of nitrogens with zero attached hydrogens (tertiary/aromatic N) is 3. The van der Waals surface area contributed by atoms with Crippen molar-refractivity contribution in [1.82, 2.24) is 4.90 Å². The lowest BCUT2D eigenvalue weighted by Gasteiger charge is -2.37. The highest BCUT2D eigenvalue weighted by Crippen LogP contribution is 2.26. The van der Waals surface area contributed by atoms with Gasteiger partial charge in [0.15, 0.2) is 0 Å². The Hall–Kier alpha value is -2.33. The fourth-order valence-electron chi connectivity index (χ4n) is 2.92. The van der Waals surface area contributed by atoms with Crippen molar-refractivity contribution in [3.05, 3.63) is 65.7 Å². The summed E-state index contributed by atoms with van der Waals surface area (Å²) in [6.45, 7) is 2.21.